The van der Waals surface area contributed by atoms with E-state index in [1.54, 1.807) is 30.1 Å². The van der Waals surface area contributed by atoms with E-state index in [1.165, 1.54) is 0 Å². The highest BCUT2D eigenvalue weighted by Crippen LogP contribution is 2.24. The van der Waals surface area contributed by atoms with Gasteiger partial charge in [0.1, 0.15) is 0 Å². The molecule has 1 aromatic carbocycles. The third kappa shape index (κ3) is 3.21. The first-order valence-corrected chi connectivity index (χ1v) is 9.51. The number of piperidine rings is 1. The van der Waals surface area contributed by atoms with Gasteiger partial charge in [0.2, 0.25) is 5.95 Å². The highest BCUT2D eigenvalue weighted by atomic mass is 35.5. The van der Waals surface area contributed by atoms with E-state index in [0.29, 0.717) is 35.2 Å². The zero-order valence-electron chi connectivity index (χ0n) is 15.4. The van der Waals surface area contributed by atoms with E-state index < -0.39 is 0 Å². The number of benzene rings is 1. The molecular formula is C19H22ClN5O2. The maximum atomic E-state index is 13.3. The summed E-state index contributed by atoms with van der Waals surface area (Å²) in [5.74, 6) is 0.617. The van der Waals surface area contributed by atoms with Crippen molar-refractivity contribution in [3.8, 4) is 5.69 Å². The molecule has 0 aliphatic carbocycles. The van der Waals surface area contributed by atoms with Crippen LogP contribution < -0.4 is 10.5 Å². The van der Waals surface area contributed by atoms with Gasteiger partial charge in [-0.15, -0.1) is 0 Å². The lowest BCUT2D eigenvalue weighted by Gasteiger charge is -2.33. The van der Waals surface area contributed by atoms with Gasteiger partial charge >= 0.3 is 0 Å². The van der Waals surface area contributed by atoms with E-state index in [0.717, 1.165) is 25.1 Å². The molecule has 1 saturated heterocycles. The molecule has 1 unspecified atom stereocenters. The van der Waals surface area contributed by atoms with Crippen LogP contribution in [0.4, 0.5) is 5.95 Å². The van der Waals surface area contributed by atoms with Gasteiger partial charge in [-0.2, -0.15) is 4.98 Å². The third-order valence-electron chi connectivity index (χ3n) is 5.04. The van der Waals surface area contributed by atoms with E-state index in [1.807, 2.05) is 23.6 Å². The van der Waals surface area contributed by atoms with Crippen molar-refractivity contribution in [3.05, 3.63) is 46.0 Å². The predicted molar refractivity (Wildman–Crippen MR) is 106 cm³/mol. The molecule has 0 N–H and O–H groups in total. The van der Waals surface area contributed by atoms with E-state index >= 15 is 0 Å². The number of aromatic nitrogens is 4. The predicted octanol–water partition coefficient (Wildman–Crippen LogP) is 2.87. The number of nitrogens with zero attached hydrogens (tertiary/aromatic N) is 5. The first-order chi connectivity index (χ1) is 13.1. The molecule has 27 heavy (non-hydrogen) atoms. The number of aryl methyl sites for hydroxylation is 1. The number of rotatable bonds is 4. The third-order valence-corrected chi connectivity index (χ3v) is 5.29. The normalized spacial score (nSPS) is 17.6. The monoisotopic (exact) mass is 387 g/mol. The Morgan fingerprint density at radius 1 is 1.30 bits per heavy atom. The van der Waals surface area contributed by atoms with Crippen molar-refractivity contribution in [2.24, 2.45) is 0 Å². The molecule has 1 atom stereocenters. The second-order valence-electron chi connectivity index (χ2n) is 6.68. The summed E-state index contributed by atoms with van der Waals surface area (Å²) in [4.78, 5) is 24.6. The first kappa shape index (κ1) is 18.0. The van der Waals surface area contributed by atoms with Gasteiger partial charge in [0, 0.05) is 31.8 Å². The van der Waals surface area contributed by atoms with Crippen molar-refractivity contribution in [2.45, 2.75) is 32.4 Å². The van der Waals surface area contributed by atoms with Gasteiger partial charge < -0.3 is 14.2 Å². The van der Waals surface area contributed by atoms with Gasteiger partial charge in [-0.25, -0.2) is 9.55 Å². The molecule has 7 nitrogen and oxygen atoms in total. The summed E-state index contributed by atoms with van der Waals surface area (Å²) < 4.78 is 9.08. The number of hydrogen-bond acceptors (Lipinski definition) is 5. The zero-order valence-corrected chi connectivity index (χ0v) is 16.2. The Kier molecular flexibility index (Phi) is 4.88. The molecule has 1 aliphatic rings. The van der Waals surface area contributed by atoms with Gasteiger partial charge in [0.05, 0.1) is 18.1 Å². The summed E-state index contributed by atoms with van der Waals surface area (Å²) in [7, 11) is 1.73. The molecule has 0 radical (unpaired) electrons. The number of ether oxygens (including phenoxy) is 1. The van der Waals surface area contributed by atoms with Crippen LogP contribution in [-0.4, -0.2) is 45.4 Å². The van der Waals surface area contributed by atoms with E-state index in [4.69, 9.17) is 21.3 Å². The van der Waals surface area contributed by atoms with Crippen LogP contribution in [0.15, 0.2) is 35.4 Å². The molecule has 3 aromatic rings. The number of halogens is 1. The van der Waals surface area contributed by atoms with Crippen molar-refractivity contribution in [2.75, 3.05) is 25.1 Å². The zero-order chi connectivity index (χ0) is 19.0. The lowest BCUT2D eigenvalue weighted by molar-refractivity contribution is 0.0888. The van der Waals surface area contributed by atoms with Crippen LogP contribution in [0.3, 0.4) is 0 Å². The minimum atomic E-state index is -0.177. The van der Waals surface area contributed by atoms with Crippen molar-refractivity contribution in [3.63, 3.8) is 0 Å². The first-order valence-electron chi connectivity index (χ1n) is 9.14. The Morgan fingerprint density at radius 3 is 2.78 bits per heavy atom. The van der Waals surface area contributed by atoms with E-state index in [9.17, 15) is 4.79 Å². The Morgan fingerprint density at radius 2 is 2.07 bits per heavy atom. The van der Waals surface area contributed by atoms with Gasteiger partial charge in [-0.05, 0) is 44.0 Å². The molecule has 0 bridgehead atoms. The smallest absolute Gasteiger partial charge is 0.287 e. The second-order valence-corrected chi connectivity index (χ2v) is 7.11. The largest absolute Gasteiger partial charge is 0.380 e. The lowest BCUT2D eigenvalue weighted by atomic mass is 10.1. The Labute approximate surface area is 162 Å². The minimum Gasteiger partial charge on any atom is -0.380 e. The molecule has 0 amide bonds. The van der Waals surface area contributed by atoms with Gasteiger partial charge in [-0.1, -0.05) is 11.6 Å². The molecule has 142 valence electrons. The Bertz CT molecular complexity index is 1010. The minimum absolute atomic E-state index is 0.126. The number of anilines is 1. The summed E-state index contributed by atoms with van der Waals surface area (Å²) in [5.41, 5.74) is 1.53. The molecule has 1 fully saturated rings. The SMILES string of the molecule is CCn1cnc2c(=O)n(-c3ccc(Cl)cc3)c(N3CCCC(OC)C3)nc21. The van der Waals surface area contributed by atoms with Crippen molar-refractivity contribution < 1.29 is 4.74 Å². The van der Waals surface area contributed by atoms with E-state index in [-0.39, 0.29) is 11.7 Å². The van der Waals surface area contributed by atoms with Crippen LogP contribution in [-0.2, 0) is 11.3 Å². The average Bonchev–Trinajstić information content (AvgIpc) is 3.12. The van der Waals surface area contributed by atoms with Gasteiger partial charge in [-0.3, -0.25) is 4.79 Å². The fraction of sp³-hybridized carbons (Fsp3) is 0.421. The van der Waals surface area contributed by atoms with Crippen LogP contribution in [0, 0.1) is 0 Å². The standard InChI is InChI=1S/C19H22ClN5O2/c1-3-23-12-21-16-17(23)22-19(24-10-4-5-15(11-24)27-2)25(18(16)26)14-8-6-13(20)7-9-14/h6-9,12,15H,3-5,10-11H2,1-2H3. The van der Waals surface area contributed by atoms with Crippen molar-refractivity contribution in [1.29, 1.82) is 0 Å². The fourth-order valence-corrected chi connectivity index (χ4v) is 3.69. The quantitative estimate of drug-likeness (QED) is 0.688. The van der Waals surface area contributed by atoms with Crippen LogP contribution in [0.5, 0.6) is 0 Å². The molecule has 0 saturated carbocycles. The van der Waals surface area contributed by atoms with E-state index in [2.05, 4.69) is 9.88 Å². The van der Waals surface area contributed by atoms with Crippen molar-refractivity contribution >= 4 is 28.7 Å². The number of imidazole rings is 1. The molecular weight excluding hydrogens is 366 g/mol. The summed E-state index contributed by atoms with van der Waals surface area (Å²) in [6.45, 7) is 4.23. The summed E-state index contributed by atoms with van der Waals surface area (Å²) in [6, 6.07) is 7.21. The lowest BCUT2D eigenvalue weighted by Crippen LogP contribution is -2.42. The van der Waals surface area contributed by atoms with Crippen molar-refractivity contribution in [1.82, 2.24) is 19.1 Å². The Hall–Kier alpha value is -2.38. The maximum absolute atomic E-state index is 13.3. The molecule has 8 heteroatoms. The summed E-state index contributed by atoms with van der Waals surface area (Å²) in [5, 5.41) is 0.620. The van der Waals surface area contributed by atoms with Crippen LogP contribution in [0.25, 0.3) is 16.9 Å². The molecule has 2 aromatic heterocycles. The highest BCUT2D eigenvalue weighted by molar-refractivity contribution is 6.30. The van der Waals surface area contributed by atoms with Crippen LogP contribution >= 0.6 is 11.6 Å². The summed E-state index contributed by atoms with van der Waals surface area (Å²) in [6.07, 6.45) is 3.79. The number of fused-ring (bicyclic) bond motifs is 1. The molecule has 0 spiro atoms. The number of hydrogen-bond donors (Lipinski definition) is 0. The van der Waals surface area contributed by atoms with Gasteiger partial charge in [0.25, 0.3) is 5.56 Å². The maximum Gasteiger partial charge on any atom is 0.287 e. The Balaban J connectivity index is 1.94. The second kappa shape index (κ2) is 7.32. The average molecular weight is 388 g/mol. The molecule has 1 aliphatic heterocycles. The topological polar surface area (TPSA) is 65.2 Å². The van der Waals surface area contributed by atoms with Crippen LogP contribution in [0.1, 0.15) is 19.8 Å². The number of methoxy groups -OCH3 is 1. The fourth-order valence-electron chi connectivity index (χ4n) is 3.56. The highest BCUT2D eigenvalue weighted by Gasteiger charge is 2.26. The summed E-state index contributed by atoms with van der Waals surface area (Å²) >= 11 is 6.04. The van der Waals surface area contributed by atoms with Crippen LogP contribution in [0.2, 0.25) is 5.02 Å². The van der Waals surface area contributed by atoms with Gasteiger partial charge in [0.15, 0.2) is 11.2 Å². The molecule has 4 rings (SSSR count). The molecule has 3 heterocycles.